The minimum absolute atomic E-state index is 0.541. The lowest BCUT2D eigenvalue weighted by Gasteiger charge is -2.05. The van der Waals surface area contributed by atoms with E-state index in [9.17, 15) is 0 Å². The monoisotopic (exact) mass is 414 g/mol. The molecule has 0 aliphatic carbocycles. The highest BCUT2D eigenvalue weighted by Crippen LogP contribution is 2.34. The molecule has 0 spiro atoms. The van der Waals surface area contributed by atoms with E-state index in [-0.39, 0.29) is 0 Å². The Hall–Kier alpha value is -3.64. The van der Waals surface area contributed by atoms with Crippen LogP contribution in [0.5, 0.6) is 0 Å². The van der Waals surface area contributed by atoms with Crippen LogP contribution in [0.3, 0.4) is 0 Å². The molecular weight excluding hydrogens is 400 g/mol. The van der Waals surface area contributed by atoms with Crippen LogP contribution in [0.25, 0.3) is 22.6 Å². The average Bonchev–Trinajstić information content (AvgIpc) is 3.45. The Morgan fingerprint density at radius 2 is 1.90 bits per heavy atom. The molecular formula is C23H15ClN4O2. The fourth-order valence-corrected chi connectivity index (χ4v) is 3.94. The van der Waals surface area contributed by atoms with E-state index in [1.165, 1.54) is 0 Å². The number of aromatic nitrogens is 3. The number of benzene rings is 2. The quantitative estimate of drug-likeness (QED) is 0.377. The molecule has 7 heteroatoms. The predicted molar refractivity (Wildman–Crippen MR) is 114 cm³/mol. The van der Waals surface area contributed by atoms with Gasteiger partial charge < -0.3 is 8.83 Å². The number of furan rings is 2. The molecule has 0 saturated carbocycles. The Morgan fingerprint density at radius 1 is 1.03 bits per heavy atom. The molecule has 0 amide bonds. The van der Waals surface area contributed by atoms with Crippen molar-refractivity contribution in [3.8, 4) is 11.6 Å². The molecule has 1 aliphatic rings. The fraction of sp³-hybridized carbons (Fsp3) is 0.0870. The Morgan fingerprint density at radius 3 is 2.70 bits per heavy atom. The number of halogens is 1. The van der Waals surface area contributed by atoms with Crippen molar-refractivity contribution in [2.24, 2.45) is 5.10 Å². The minimum atomic E-state index is 0.541. The summed E-state index contributed by atoms with van der Waals surface area (Å²) in [5.41, 5.74) is 4.60. The first kappa shape index (κ1) is 17.2. The van der Waals surface area contributed by atoms with Gasteiger partial charge in [0.2, 0.25) is 5.82 Å². The van der Waals surface area contributed by atoms with Crippen molar-refractivity contribution >= 4 is 28.3 Å². The van der Waals surface area contributed by atoms with Gasteiger partial charge >= 0.3 is 0 Å². The number of hydrogen-bond acceptors (Lipinski definition) is 5. The summed E-state index contributed by atoms with van der Waals surface area (Å²) in [5, 5.41) is 15.4. The van der Waals surface area contributed by atoms with Gasteiger partial charge in [0, 0.05) is 28.0 Å². The Labute approximate surface area is 176 Å². The molecule has 6 nitrogen and oxygen atoms in total. The standard InChI is InChI=1S/C23H15ClN4O2/c1-13-4-9-16-17-12-20-25-26-23(18-3-2-10-29-18)28(20)27-21(22(17)30-19(16)11-13)14-5-7-15(24)8-6-14/h2-11H,12H2,1H3. The lowest BCUT2D eigenvalue weighted by molar-refractivity contribution is 0.572. The Balaban J connectivity index is 1.65. The van der Waals surface area contributed by atoms with E-state index in [1.54, 1.807) is 10.9 Å². The maximum absolute atomic E-state index is 6.33. The van der Waals surface area contributed by atoms with E-state index in [1.807, 2.05) is 49.4 Å². The third-order valence-corrected chi connectivity index (χ3v) is 5.51. The minimum Gasteiger partial charge on any atom is -0.461 e. The van der Waals surface area contributed by atoms with Gasteiger partial charge in [-0.3, -0.25) is 0 Å². The van der Waals surface area contributed by atoms with Crippen molar-refractivity contribution in [2.75, 3.05) is 0 Å². The molecule has 0 bridgehead atoms. The third kappa shape index (κ3) is 2.61. The maximum atomic E-state index is 6.33. The molecule has 0 radical (unpaired) electrons. The molecule has 2 aromatic carbocycles. The predicted octanol–water partition coefficient (Wildman–Crippen LogP) is 5.45. The first-order valence-corrected chi connectivity index (χ1v) is 9.90. The molecule has 0 unspecified atom stereocenters. The van der Waals surface area contributed by atoms with Gasteiger partial charge in [-0.1, -0.05) is 35.9 Å². The zero-order valence-corrected chi connectivity index (χ0v) is 16.7. The smallest absolute Gasteiger partial charge is 0.220 e. The highest BCUT2D eigenvalue weighted by molar-refractivity contribution is 6.30. The van der Waals surface area contributed by atoms with Gasteiger partial charge in [-0.2, -0.15) is 9.78 Å². The third-order valence-electron chi connectivity index (χ3n) is 5.26. The van der Waals surface area contributed by atoms with Crippen molar-refractivity contribution < 1.29 is 8.83 Å². The molecule has 1 aliphatic heterocycles. The van der Waals surface area contributed by atoms with Crippen LogP contribution in [0.2, 0.25) is 5.02 Å². The maximum Gasteiger partial charge on any atom is 0.220 e. The molecule has 30 heavy (non-hydrogen) atoms. The lowest BCUT2D eigenvalue weighted by Crippen LogP contribution is -2.06. The largest absolute Gasteiger partial charge is 0.461 e. The molecule has 4 heterocycles. The summed E-state index contributed by atoms with van der Waals surface area (Å²) in [6.45, 7) is 2.05. The molecule has 5 aromatic rings. The van der Waals surface area contributed by atoms with Gasteiger partial charge in [0.15, 0.2) is 17.3 Å². The molecule has 0 fully saturated rings. The van der Waals surface area contributed by atoms with Gasteiger partial charge in [0.1, 0.15) is 11.3 Å². The van der Waals surface area contributed by atoms with Gasteiger partial charge in [0.05, 0.1) is 6.26 Å². The Kier molecular flexibility index (Phi) is 3.70. The fourth-order valence-electron chi connectivity index (χ4n) is 3.81. The van der Waals surface area contributed by atoms with Crippen LogP contribution in [0.4, 0.5) is 0 Å². The summed E-state index contributed by atoms with van der Waals surface area (Å²) < 4.78 is 13.6. The number of hydrogen-bond donors (Lipinski definition) is 0. The van der Waals surface area contributed by atoms with E-state index in [4.69, 9.17) is 25.5 Å². The van der Waals surface area contributed by atoms with Gasteiger partial charge in [0.25, 0.3) is 0 Å². The highest BCUT2D eigenvalue weighted by atomic mass is 35.5. The zero-order chi connectivity index (χ0) is 20.2. The van der Waals surface area contributed by atoms with Crippen molar-refractivity contribution in [1.82, 2.24) is 14.9 Å². The summed E-state index contributed by atoms with van der Waals surface area (Å²) in [6, 6.07) is 17.4. The van der Waals surface area contributed by atoms with Crippen molar-refractivity contribution in [3.05, 3.63) is 94.2 Å². The molecule has 6 rings (SSSR count). The molecule has 0 atom stereocenters. The first-order chi connectivity index (χ1) is 14.7. The number of aryl methyl sites for hydroxylation is 1. The summed E-state index contributed by atoms with van der Waals surface area (Å²) in [6.07, 6.45) is 2.15. The van der Waals surface area contributed by atoms with Crippen LogP contribution in [-0.2, 0) is 6.42 Å². The summed E-state index contributed by atoms with van der Waals surface area (Å²) in [7, 11) is 0. The highest BCUT2D eigenvalue weighted by Gasteiger charge is 2.28. The van der Waals surface area contributed by atoms with E-state index in [2.05, 4.69) is 22.3 Å². The van der Waals surface area contributed by atoms with Crippen LogP contribution >= 0.6 is 11.6 Å². The second-order valence-electron chi connectivity index (χ2n) is 7.27. The zero-order valence-electron chi connectivity index (χ0n) is 16.0. The summed E-state index contributed by atoms with van der Waals surface area (Å²) in [4.78, 5) is 0. The van der Waals surface area contributed by atoms with E-state index < -0.39 is 0 Å². The second kappa shape index (κ2) is 6.43. The molecule has 0 saturated heterocycles. The molecule has 3 aromatic heterocycles. The number of rotatable bonds is 2. The van der Waals surface area contributed by atoms with Crippen LogP contribution in [0.15, 0.2) is 74.8 Å². The van der Waals surface area contributed by atoms with Crippen LogP contribution in [-0.4, -0.2) is 20.6 Å². The second-order valence-corrected chi connectivity index (χ2v) is 7.71. The van der Waals surface area contributed by atoms with E-state index in [0.29, 0.717) is 28.7 Å². The molecule has 146 valence electrons. The van der Waals surface area contributed by atoms with Crippen LogP contribution in [0, 0.1) is 6.92 Å². The van der Waals surface area contributed by atoms with Crippen molar-refractivity contribution in [2.45, 2.75) is 13.3 Å². The SMILES string of the molecule is Cc1ccc2c3c(oc2c1)C(c1ccc(Cl)cc1)=Nn1c(nnc1-c1ccco1)C3. The Bertz CT molecular complexity index is 1430. The van der Waals surface area contributed by atoms with Crippen molar-refractivity contribution in [1.29, 1.82) is 0 Å². The average molecular weight is 415 g/mol. The summed E-state index contributed by atoms with van der Waals surface area (Å²) >= 11 is 6.12. The first-order valence-electron chi connectivity index (χ1n) is 9.53. The van der Waals surface area contributed by atoms with Gasteiger partial charge in [-0.05, 0) is 42.8 Å². The van der Waals surface area contributed by atoms with E-state index in [0.717, 1.165) is 39.2 Å². The van der Waals surface area contributed by atoms with E-state index >= 15 is 0 Å². The normalized spacial score (nSPS) is 13.1. The van der Waals surface area contributed by atoms with Crippen molar-refractivity contribution in [3.63, 3.8) is 0 Å². The summed E-state index contributed by atoms with van der Waals surface area (Å²) in [5.74, 6) is 2.60. The molecule has 0 N–H and O–H groups in total. The lowest BCUT2D eigenvalue weighted by atomic mass is 10.0. The van der Waals surface area contributed by atoms with Crippen LogP contribution < -0.4 is 0 Å². The van der Waals surface area contributed by atoms with Gasteiger partial charge in [-0.25, -0.2) is 0 Å². The number of fused-ring (bicyclic) bond motifs is 4. The topological polar surface area (TPSA) is 69.3 Å². The van der Waals surface area contributed by atoms with Crippen LogP contribution in [0.1, 0.15) is 28.3 Å². The number of nitrogens with zero attached hydrogens (tertiary/aromatic N) is 4. The van der Waals surface area contributed by atoms with Gasteiger partial charge in [-0.15, -0.1) is 10.2 Å².